The number of nitrogens with zero attached hydrogens (tertiary/aromatic N) is 1. The van der Waals surface area contributed by atoms with Crippen molar-refractivity contribution >= 4 is 28.8 Å². The highest BCUT2D eigenvalue weighted by Gasteiger charge is 2.31. The number of para-hydroxylation sites is 3. The van der Waals surface area contributed by atoms with E-state index in [1.807, 2.05) is 36.4 Å². The molecule has 166 valence electrons. The van der Waals surface area contributed by atoms with Gasteiger partial charge in [-0.15, -0.1) is 13.2 Å². The van der Waals surface area contributed by atoms with E-state index in [0.717, 1.165) is 36.5 Å². The summed E-state index contributed by atoms with van der Waals surface area (Å²) < 4.78 is 40.7. The van der Waals surface area contributed by atoms with Crippen molar-refractivity contribution in [3.05, 3.63) is 78.4 Å². The van der Waals surface area contributed by atoms with Crippen molar-refractivity contribution in [2.24, 2.45) is 0 Å². The summed E-state index contributed by atoms with van der Waals surface area (Å²) in [6.07, 6.45) is -3.75. The van der Waals surface area contributed by atoms with Gasteiger partial charge in [-0.1, -0.05) is 37.3 Å². The number of carbonyl (C=O) groups excluding carboxylic acids is 1. The van der Waals surface area contributed by atoms with Crippen LogP contribution in [0.5, 0.6) is 5.75 Å². The van der Waals surface area contributed by atoms with Crippen LogP contribution in [0.25, 0.3) is 0 Å². The van der Waals surface area contributed by atoms with Gasteiger partial charge in [-0.2, -0.15) is 0 Å². The number of rotatable bonds is 5. The third-order valence-electron chi connectivity index (χ3n) is 5.35. The zero-order chi connectivity index (χ0) is 22.7. The number of hydrogen-bond acceptors (Lipinski definition) is 3. The first-order valence-electron chi connectivity index (χ1n) is 10.2. The maximum atomic E-state index is 12.6. The maximum Gasteiger partial charge on any atom is 0.573 e. The Kier molecular flexibility index (Phi) is 5.94. The van der Waals surface area contributed by atoms with Gasteiger partial charge in [0.2, 0.25) is 0 Å². The summed E-state index contributed by atoms with van der Waals surface area (Å²) in [5.41, 5.74) is 4.25. The van der Waals surface area contributed by atoms with Crippen molar-refractivity contribution in [2.75, 3.05) is 22.1 Å². The molecular formula is C24H22F3N3O2. The standard InChI is InChI=1S/C24H22F3N3O2/c1-2-16-15-30(21-9-5-3-7-19(16)21)22-10-6-4-8-20(22)29-23(31)28-17-11-13-18(14-12-17)32-24(25,26)27/h3-14,16H,2,15H2,1H3,(H2,28,29,31). The van der Waals surface area contributed by atoms with Crippen LogP contribution in [0.15, 0.2) is 72.8 Å². The molecule has 1 atom stereocenters. The Balaban J connectivity index is 1.49. The van der Waals surface area contributed by atoms with Gasteiger partial charge in [0, 0.05) is 23.8 Å². The molecule has 0 radical (unpaired) electrons. The van der Waals surface area contributed by atoms with Gasteiger partial charge in [-0.3, -0.25) is 0 Å². The van der Waals surface area contributed by atoms with Crippen LogP contribution in [-0.2, 0) is 0 Å². The summed E-state index contributed by atoms with van der Waals surface area (Å²) in [5.74, 6) is 0.0532. The lowest BCUT2D eigenvalue weighted by Crippen LogP contribution is -2.22. The first-order chi connectivity index (χ1) is 15.3. The lowest BCUT2D eigenvalue weighted by Gasteiger charge is -2.23. The van der Waals surface area contributed by atoms with Crippen LogP contribution in [0.1, 0.15) is 24.8 Å². The second-order valence-corrected chi connectivity index (χ2v) is 7.44. The average Bonchev–Trinajstić information content (AvgIpc) is 3.13. The molecule has 8 heteroatoms. The number of carbonyl (C=O) groups is 1. The zero-order valence-corrected chi connectivity index (χ0v) is 17.3. The van der Waals surface area contributed by atoms with Crippen molar-refractivity contribution in [3.63, 3.8) is 0 Å². The van der Waals surface area contributed by atoms with Crippen molar-refractivity contribution in [1.29, 1.82) is 0 Å². The van der Waals surface area contributed by atoms with Gasteiger partial charge in [0.15, 0.2) is 0 Å². The molecule has 2 amide bonds. The molecule has 3 aromatic rings. The summed E-state index contributed by atoms with van der Waals surface area (Å²) in [5, 5.41) is 5.48. The number of amides is 2. The van der Waals surface area contributed by atoms with E-state index in [4.69, 9.17) is 0 Å². The monoisotopic (exact) mass is 441 g/mol. The highest BCUT2D eigenvalue weighted by molar-refractivity contribution is 6.02. The van der Waals surface area contributed by atoms with E-state index >= 15 is 0 Å². The molecule has 5 nitrogen and oxygen atoms in total. The maximum absolute atomic E-state index is 12.6. The van der Waals surface area contributed by atoms with E-state index in [1.54, 1.807) is 0 Å². The SMILES string of the molecule is CCC1CN(c2ccccc2NC(=O)Nc2ccc(OC(F)(F)F)cc2)c2ccccc21. The van der Waals surface area contributed by atoms with Crippen LogP contribution in [0, 0.1) is 0 Å². The highest BCUT2D eigenvalue weighted by atomic mass is 19.4. The van der Waals surface area contributed by atoms with E-state index in [0.29, 0.717) is 17.3 Å². The number of halogens is 3. The van der Waals surface area contributed by atoms with Crippen molar-refractivity contribution in [1.82, 2.24) is 0 Å². The molecule has 0 saturated heterocycles. The molecule has 0 spiro atoms. The second kappa shape index (κ2) is 8.82. The van der Waals surface area contributed by atoms with Crippen molar-refractivity contribution < 1.29 is 22.7 Å². The van der Waals surface area contributed by atoms with Gasteiger partial charge in [-0.05, 0) is 54.4 Å². The molecule has 32 heavy (non-hydrogen) atoms. The number of benzene rings is 3. The molecule has 1 aliphatic rings. The first kappa shape index (κ1) is 21.5. The van der Waals surface area contributed by atoms with Gasteiger partial charge in [0.1, 0.15) is 5.75 Å². The summed E-state index contributed by atoms with van der Waals surface area (Å²) in [6.45, 7) is 2.98. The molecule has 3 aromatic carbocycles. The summed E-state index contributed by atoms with van der Waals surface area (Å²) in [4.78, 5) is 14.8. The van der Waals surface area contributed by atoms with Crippen LogP contribution in [0.2, 0.25) is 0 Å². The third kappa shape index (κ3) is 4.80. The Morgan fingerprint density at radius 2 is 1.62 bits per heavy atom. The minimum Gasteiger partial charge on any atom is -0.406 e. The highest BCUT2D eigenvalue weighted by Crippen LogP contribution is 2.44. The predicted molar refractivity (Wildman–Crippen MR) is 119 cm³/mol. The number of fused-ring (bicyclic) bond motifs is 1. The quantitative estimate of drug-likeness (QED) is 0.454. The number of ether oxygens (including phenoxy) is 1. The molecule has 2 N–H and O–H groups in total. The summed E-state index contributed by atoms with van der Waals surface area (Å²) in [6, 6.07) is 20.2. The Morgan fingerprint density at radius 1 is 0.969 bits per heavy atom. The average molecular weight is 441 g/mol. The summed E-state index contributed by atoms with van der Waals surface area (Å²) >= 11 is 0. The largest absolute Gasteiger partial charge is 0.573 e. The molecule has 0 aliphatic carbocycles. The van der Waals surface area contributed by atoms with Gasteiger partial charge in [0.25, 0.3) is 0 Å². The van der Waals surface area contributed by atoms with Crippen LogP contribution >= 0.6 is 0 Å². The first-order valence-corrected chi connectivity index (χ1v) is 10.2. The predicted octanol–water partition coefficient (Wildman–Crippen LogP) is 6.87. The summed E-state index contributed by atoms with van der Waals surface area (Å²) in [7, 11) is 0. The van der Waals surface area contributed by atoms with Gasteiger partial charge in [-0.25, -0.2) is 4.79 Å². The lowest BCUT2D eigenvalue weighted by atomic mass is 9.99. The normalized spacial score (nSPS) is 15.2. The van der Waals surface area contributed by atoms with Crippen molar-refractivity contribution in [2.45, 2.75) is 25.6 Å². The smallest absolute Gasteiger partial charge is 0.406 e. The van der Waals surface area contributed by atoms with Crippen LogP contribution < -0.4 is 20.3 Å². The number of hydrogen-bond donors (Lipinski definition) is 2. The molecule has 4 rings (SSSR count). The Morgan fingerprint density at radius 3 is 2.31 bits per heavy atom. The fraction of sp³-hybridized carbons (Fsp3) is 0.208. The van der Waals surface area contributed by atoms with E-state index in [9.17, 15) is 18.0 Å². The number of urea groups is 1. The topological polar surface area (TPSA) is 53.6 Å². The Labute approximate surface area is 183 Å². The molecular weight excluding hydrogens is 419 g/mol. The number of nitrogens with one attached hydrogen (secondary N) is 2. The molecule has 0 fully saturated rings. The lowest BCUT2D eigenvalue weighted by molar-refractivity contribution is -0.274. The van der Waals surface area contributed by atoms with Gasteiger partial charge >= 0.3 is 12.4 Å². The van der Waals surface area contributed by atoms with Crippen LogP contribution in [0.4, 0.5) is 40.7 Å². The van der Waals surface area contributed by atoms with E-state index in [-0.39, 0.29) is 5.75 Å². The van der Waals surface area contributed by atoms with Gasteiger partial charge < -0.3 is 20.3 Å². The minimum atomic E-state index is -4.76. The molecule has 1 heterocycles. The van der Waals surface area contributed by atoms with Crippen molar-refractivity contribution in [3.8, 4) is 5.75 Å². The number of anilines is 4. The molecule has 0 aromatic heterocycles. The molecule has 1 unspecified atom stereocenters. The number of alkyl halides is 3. The fourth-order valence-electron chi connectivity index (χ4n) is 3.91. The second-order valence-electron chi connectivity index (χ2n) is 7.44. The zero-order valence-electron chi connectivity index (χ0n) is 17.3. The van der Waals surface area contributed by atoms with Gasteiger partial charge in [0.05, 0.1) is 11.4 Å². The van der Waals surface area contributed by atoms with Crippen LogP contribution in [0.3, 0.4) is 0 Å². The molecule has 0 bridgehead atoms. The Hall–Kier alpha value is -3.68. The molecule has 1 aliphatic heterocycles. The minimum absolute atomic E-state index is 0.340. The molecule has 0 saturated carbocycles. The Bertz CT molecular complexity index is 1100. The van der Waals surface area contributed by atoms with E-state index < -0.39 is 12.4 Å². The fourth-order valence-corrected chi connectivity index (χ4v) is 3.91. The van der Waals surface area contributed by atoms with Crippen LogP contribution in [-0.4, -0.2) is 18.9 Å². The third-order valence-corrected chi connectivity index (χ3v) is 5.35. The van der Waals surface area contributed by atoms with E-state index in [2.05, 4.69) is 39.3 Å². The van der Waals surface area contributed by atoms with E-state index in [1.165, 1.54) is 17.7 Å².